The molecular formula is C20H17FN2O3. The minimum absolute atomic E-state index is 0.0295. The van der Waals surface area contributed by atoms with Crippen LogP contribution in [0, 0.1) is 19.7 Å². The van der Waals surface area contributed by atoms with Crippen LogP contribution in [0.4, 0.5) is 4.39 Å². The SMILES string of the molecule is Cc1cc(-c2ccc3c(=O)c(C(=O)O)cn(C4CC4)c3c2F)cc(C)n1. The van der Waals surface area contributed by atoms with Crippen LogP contribution in [0.2, 0.25) is 0 Å². The predicted molar refractivity (Wildman–Crippen MR) is 96.1 cm³/mol. The average molecular weight is 352 g/mol. The van der Waals surface area contributed by atoms with E-state index in [4.69, 9.17) is 0 Å². The molecule has 0 radical (unpaired) electrons. The van der Waals surface area contributed by atoms with Gasteiger partial charge in [0.2, 0.25) is 5.43 Å². The third kappa shape index (κ3) is 2.58. The van der Waals surface area contributed by atoms with Gasteiger partial charge in [-0.2, -0.15) is 0 Å². The van der Waals surface area contributed by atoms with Crippen LogP contribution in [0.3, 0.4) is 0 Å². The molecule has 0 saturated heterocycles. The van der Waals surface area contributed by atoms with Gasteiger partial charge in [0.15, 0.2) is 5.82 Å². The molecule has 1 N–H and O–H groups in total. The maximum atomic E-state index is 15.5. The normalized spacial score (nSPS) is 14.0. The summed E-state index contributed by atoms with van der Waals surface area (Å²) in [5, 5.41) is 9.40. The van der Waals surface area contributed by atoms with E-state index in [0.717, 1.165) is 24.2 Å². The summed E-state index contributed by atoms with van der Waals surface area (Å²) < 4.78 is 17.1. The number of aromatic nitrogens is 2. The van der Waals surface area contributed by atoms with Crippen molar-refractivity contribution in [3.05, 3.63) is 63.5 Å². The van der Waals surface area contributed by atoms with Crippen molar-refractivity contribution in [2.75, 3.05) is 0 Å². The first kappa shape index (κ1) is 16.4. The highest BCUT2D eigenvalue weighted by Crippen LogP contribution is 2.39. The van der Waals surface area contributed by atoms with E-state index < -0.39 is 17.2 Å². The van der Waals surface area contributed by atoms with Gasteiger partial charge in [-0.05, 0) is 50.5 Å². The van der Waals surface area contributed by atoms with Crippen molar-refractivity contribution in [1.29, 1.82) is 0 Å². The number of nitrogens with zero attached hydrogens (tertiary/aromatic N) is 2. The zero-order chi connectivity index (χ0) is 18.6. The van der Waals surface area contributed by atoms with Gasteiger partial charge in [0.1, 0.15) is 5.56 Å². The maximum Gasteiger partial charge on any atom is 0.341 e. The van der Waals surface area contributed by atoms with E-state index >= 15 is 4.39 Å². The Morgan fingerprint density at radius 3 is 2.46 bits per heavy atom. The summed E-state index contributed by atoms with van der Waals surface area (Å²) in [6.07, 6.45) is 2.96. The summed E-state index contributed by atoms with van der Waals surface area (Å²) in [5.74, 6) is -1.80. The van der Waals surface area contributed by atoms with Crippen LogP contribution >= 0.6 is 0 Å². The third-order valence-corrected chi connectivity index (χ3v) is 4.69. The van der Waals surface area contributed by atoms with Gasteiger partial charge in [-0.25, -0.2) is 9.18 Å². The number of fused-ring (bicyclic) bond motifs is 1. The number of halogens is 1. The summed E-state index contributed by atoms with van der Waals surface area (Å²) >= 11 is 0. The molecule has 4 rings (SSSR count). The Kier molecular flexibility index (Phi) is 3.64. The lowest BCUT2D eigenvalue weighted by molar-refractivity contribution is 0.0695. The summed E-state index contributed by atoms with van der Waals surface area (Å²) in [6, 6.07) is 6.68. The van der Waals surface area contributed by atoms with Crippen LogP contribution in [-0.4, -0.2) is 20.6 Å². The number of hydrogen-bond donors (Lipinski definition) is 1. The van der Waals surface area contributed by atoms with Gasteiger partial charge in [-0.15, -0.1) is 0 Å². The molecular weight excluding hydrogens is 335 g/mol. The van der Waals surface area contributed by atoms with Crippen LogP contribution in [-0.2, 0) is 0 Å². The molecule has 26 heavy (non-hydrogen) atoms. The fraction of sp³-hybridized carbons (Fsp3) is 0.250. The van der Waals surface area contributed by atoms with Crippen LogP contribution in [0.5, 0.6) is 0 Å². The highest BCUT2D eigenvalue weighted by Gasteiger charge is 2.28. The Hall–Kier alpha value is -3.02. The summed E-state index contributed by atoms with van der Waals surface area (Å²) in [4.78, 5) is 28.2. The van der Waals surface area contributed by atoms with Gasteiger partial charge in [0, 0.05) is 34.6 Å². The molecule has 1 saturated carbocycles. The van der Waals surface area contributed by atoms with E-state index in [1.165, 1.54) is 18.3 Å². The van der Waals surface area contributed by atoms with Gasteiger partial charge < -0.3 is 9.67 Å². The summed E-state index contributed by atoms with van der Waals surface area (Å²) in [7, 11) is 0. The predicted octanol–water partition coefficient (Wildman–Crippen LogP) is 3.85. The first-order valence-corrected chi connectivity index (χ1v) is 8.43. The smallest absolute Gasteiger partial charge is 0.341 e. The molecule has 1 aliphatic carbocycles. The van der Waals surface area contributed by atoms with Crippen molar-refractivity contribution in [3.8, 4) is 11.1 Å². The van der Waals surface area contributed by atoms with E-state index in [0.29, 0.717) is 11.1 Å². The second-order valence-corrected chi connectivity index (χ2v) is 6.78. The third-order valence-electron chi connectivity index (χ3n) is 4.69. The lowest BCUT2D eigenvalue weighted by atomic mass is 10.0. The number of carbonyl (C=O) groups is 1. The molecule has 2 heterocycles. The van der Waals surface area contributed by atoms with Gasteiger partial charge in [0.25, 0.3) is 0 Å². The van der Waals surface area contributed by atoms with E-state index in [-0.39, 0.29) is 22.5 Å². The Morgan fingerprint density at radius 1 is 1.23 bits per heavy atom. The molecule has 1 aromatic carbocycles. The standard InChI is InChI=1S/C20H17FN2O3/c1-10-7-12(8-11(2)22-10)14-5-6-15-18(17(14)21)23(13-3-4-13)9-16(19(15)24)20(25)26/h5-9,13H,3-4H2,1-2H3,(H,25,26). The fourth-order valence-corrected chi connectivity index (χ4v) is 3.41. The van der Waals surface area contributed by atoms with E-state index in [9.17, 15) is 14.7 Å². The molecule has 5 nitrogen and oxygen atoms in total. The molecule has 0 aliphatic heterocycles. The Morgan fingerprint density at radius 2 is 1.88 bits per heavy atom. The van der Waals surface area contributed by atoms with Gasteiger partial charge in [0.05, 0.1) is 5.52 Å². The molecule has 6 heteroatoms. The molecule has 2 aromatic heterocycles. The first-order valence-electron chi connectivity index (χ1n) is 8.43. The minimum atomic E-state index is -1.30. The fourth-order valence-electron chi connectivity index (χ4n) is 3.41. The molecule has 0 unspecified atom stereocenters. The topological polar surface area (TPSA) is 72.2 Å². The monoisotopic (exact) mass is 352 g/mol. The molecule has 0 amide bonds. The van der Waals surface area contributed by atoms with Crippen molar-refractivity contribution in [2.45, 2.75) is 32.7 Å². The van der Waals surface area contributed by atoms with Crippen LogP contribution < -0.4 is 5.43 Å². The Labute approximate surface area is 148 Å². The molecule has 1 aliphatic rings. The van der Waals surface area contributed by atoms with Crippen molar-refractivity contribution in [1.82, 2.24) is 9.55 Å². The largest absolute Gasteiger partial charge is 0.477 e. The van der Waals surface area contributed by atoms with Gasteiger partial charge >= 0.3 is 5.97 Å². The van der Waals surface area contributed by atoms with Crippen LogP contribution in [0.1, 0.15) is 40.6 Å². The van der Waals surface area contributed by atoms with Gasteiger partial charge in [-0.1, -0.05) is 6.07 Å². The van der Waals surface area contributed by atoms with E-state index in [1.807, 2.05) is 13.8 Å². The zero-order valence-corrected chi connectivity index (χ0v) is 14.4. The number of carboxylic acids is 1. The second kappa shape index (κ2) is 5.76. The Bertz CT molecular complexity index is 1110. The number of rotatable bonds is 3. The number of benzene rings is 1. The van der Waals surface area contributed by atoms with Crippen LogP contribution in [0.25, 0.3) is 22.0 Å². The summed E-state index contributed by atoms with van der Waals surface area (Å²) in [5.41, 5.74) is 1.81. The van der Waals surface area contributed by atoms with Crippen molar-refractivity contribution in [3.63, 3.8) is 0 Å². The highest BCUT2D eigenvalue weighted by atomic mass is 19.1. The molecule has 1 fully saturated rings. The van der Waals surface area contributed by atoms with Gasteiger partial charge in [-0.3, -0.25) is 9.78 Å². The zero-order valence-electron chi connectivity index (χ0n) is 14.4. The summed E-state index contributed by atoms with van der Waals surface area (Å²) in [6.45, 7) is 3.68. The lowest BCUT2D eigenvalue weighted by Gasteiger charge is -2.15. The second-order valence-electron chi connectivity index (χ2n) is 6.78. The minimum Gasteiger partial charge on any atom is -0.477 e. The quantitative estimate of drug-likeness (QED) is 0.777. The molecule has 0 spiro atoms. The lowest BCUT2D eigenvalue weighted by Crippen LogP contribution is -2.19. The average Bonchev–Trinajstić information content (AvgIpc) is 3.39. The van der Waals surface area contributed by atoms with Crippen molar-refractivity contribution >= 4 is 16.9 Å². The number of carboxylic acid groups (broad SMARTS) is 1. The van der Waals surface area contributed by atoms with Crippen molar-refractivity contribution < 1.29 is 14.3 Å². The highest BCUT2D eigenvalue weighted by molar-refractivity contribution is 5.94. The first-order chi connectivity index (χ1) is 12.4. The molecule has 0 atom stereocenters. The maximum absolute atomic E-state index is 15.5. The molecule has 3 aromatic rings. The number of pyridine rings is 2. The van der Waals surface area contributed by atoms with E-state index in [2.05, 4.69) is 4.98 Å². The number of hydrogen-bond acceptors (Lipinski definition) is 3. The van der Waals surface area contributed by atoms with Crippen molar-refractivity contribution in [2.24, 2.45) is 0 Å². The Balaban J connectivity index is 2.06. The molecule has 0 bridgehead atoms. The number of aromatic carboxylic acids is 1. The van der Waals surface area contributed by atoms with E-state index in [1.54, 1.807) is 16.7 Å². The molecule has 132 valence electrons. The van der Waals surface area contributed by atoms with Crippen LogP contribution in [0.15, 0.2) is 35.3 Å². The number of aryl methyl sites for hydroxylation is 2.